The topological polar surface area (TPSA) is 59.7 Å². The van der Waals surface area contributed by atoms with E-state index in [0.29, 0.717) is 21.2 Å². The van der Waals surface area contributed by atoms with Gasteiger partial charge in [0, 0.05) is 11.6 Å². The van der Waals surface area contributed by atoms with Gasteiger partial charge in [-0.2, -0.15) is 0 Å². The molecule has 4 nitrogen and oxygen atoms in total. The van der Waals surface area contributed by atoms with Crippen LogP contribution in [-0.2, 0) is 0 Å². The summed E-state index contributed by atoms with van der Waals surface area (Å²) >= 11 is 3.20. The average molecular weight is 347 g/mol. The SMILES string of the molecule is COc1ccc(-c2cc(=O)c3c(Br)c(O)ccc3o2)cc1. The molecule has 0 aliphatic heterocycles. The third kappa shape index (κ3) is 2.40. The maximum absolute atomic E-state index is 12.2. The molecule has 0 saturated carbocycles. The van der Waals surface area contributed by atoms with E-state index in [-0.39, 0.29) is 11.2 Å². The molecule has 0 aliphatic carbocycles. The van der Waals surface area contributed by atoms with Crippen LogP contribution in [0.25, 0.3) is 22.3 Å². The van der Waals surface area contributed by atoms with Crippen LogP contribution in [0, 0.1) is 0 Å². The first kappa shape index (κ1) is 13.7. The molecule has 5 heteroatoms. The third-order valence-corrected chi connectivity index (χ3v) is 3.99. The Balaban J connectivity index is 2.21. The summed E-state index contributed by atoms with van der Waals surface area (Å²) in [7, 11) is 1.59. The number of fused-ring (bicyclic) bond motifs is 1. The number of phenols is 1. The van der Waals surface area contributed by atoms with Gasteiger partial charge < -0.3 is 14.3 Å². The zero-order chi connectivity index (χ0) is 15.0. The van der Waals surface area contributed by atoms with Crippen LogP contribution in [0.3, 0.4) is 0 Å². The molecule has 3 aromatic rings. The van der Waals surface area contributed by atoms with E-state index < -0.39 is 0 Å². The summed E-state index contributed by atoms with van der Waals surface area (Å²) in [4.78, 5) is 12.2. The number of hydrogen-bond acceptors (Lipinski definition) is 4. The molecule has 0 fully saturated rings. The van der Waals surface area contributed by atoms with Crippen LogP contribution in [0.15, 0.2) is 56.1 Å². The van der Waals surface area contributed by atoms with E-state index in [1.165, 1.54) is 12.1 Å². The summed E-state index contributed by atoms with van der Waals surface area (Å²) in [5, 5.41) is 9.97. The van der Waals surface area contributed by atoms with Crippen LogP contribution in [0.5, 0.6) is 11.5 Å². The maximum atomic E-state index is 12.2. The zero-order valence-corrected chi connectivity index (χ0v) is 12.7. The van der Waals surface area contributed by atoms with Crippen LogP contribution in [0.2, 0.25) is 0 Å². The number of aromatic hydroxyl groups is 1. The van der Waals surface area contributed by atoms with Gasteiger partial charge in [0.25, 0.3) is 0 Å². The fraction of sp³-hybridized carbons (Fsp3) is 0.0625. The second kappa shape index (κ2) is 5.26. The van der Waals surface area contributed by atoms with Crippen LogP contribution in [0.1, 0.15) is 0 Å². The lowest BCUT2D eigenvalue weighted by atomic mass is 10.1. The molecule has 1 N–H and O–H groups in total. The summed E-state index contributed by atoms with van der Waals surface area (Å²) in [5.74, 6) is 1.20. The number of benzene rings is 2. The van der Waals surface area contributed by atoms with Crippen molar-refractivity contribution in [3.63, 3.8) is 0 Å². The summed E-state index contributed by atoms with van der Waals surface area (Å²) in [6, 6.07) is 11.7. The average Bonchev–Trinajstić information content (AvgIpc) is 2.50. The van der Waals surface area contributed by atoms with Crippen LogP contribution < -0.4 is 10.2 Å². The van der Waals surface area contributed by atoms with Gasteiger partial charge in [-0.25, -0.2) is 0 Å². The number of halogens is 1. The van der Waals surface area contributed by atoms with Gasteiger partial charge in [-0.1, -0.05) is 0 Å². The molecular formula is C16H11BrO4. The van der Waals surface area contributed by atoms with Crippen molar-refractivity contribution >= 4 is 26.9 Å². The Kier molecular flexibility index (Phi) is 3.43. The van der Waals surface area contributed by atoms with Gasteiger partial charge in [0.1, 0.15) is 22.8 Å². The van der Waals surface area contributed by atoms with Gasteiger partial charge in [0.15, 0.2) is 5.43 Å². The minimum atomic E-state index is -0.218. The van der Waals surface area contributed by atoms with Crippen LogP contribution >= 0.6 is 15.9 Å². The minimum absolute atomic E-state index is 0.00648. The van der Waals surface area contributed by atoms with E-state index in [2.05, 4.69) is 15.9 Å². The molecule has 0 unspecified atom stereocenters. The number of phenolic OH excluding ortho intramolecular Hbond substituents is 1. The zero-order valence-electron chi connectivity index (χ0n) is 11.1. The minimum Gasteiger partial charge on any atom is -0.507 e. The standard InChI is InChI=1S/C16H11BrO4/c1-20-10-4-2-9(3-5-10)14-8-12(19)15-13(21-14)7-6-11(18)16(15)17/h2-8,18H,1H3. The highest BCUT2D eigenvalue weighted by atomic mass is 79.9. The molecule has 0 atom stereocenters. The molecule has 106 valence electrons. The number of methoxy groups -OCH3 is 1. The maximum Gasteiger partial charge on any atom is 0.194 e. The number of ether oxygens (including phenoxy) is 1. The lowest BCUT2D eigenvalue weighted by Gasteiger charge is -2.06. The van der Waals surface area contributed by atoms with Crippen molar-refractivity contribution < 1.29 is 14.3 Å². The summed E-state index contributed by atoms with van der Waals surface area (Å²) in [6.07, 6.45) is 0. The highest BCUT2D eigenvalue weighted by molar-refractivity contribution is 9.10. The van der Waals surface area contributed by atoms with E-state index in [9.17, 15) is 9.90 Å². The Hall–Kier alpha value is -2.27. The largest absolute Gasteiger partial charge is 0.507 e. The molecule has 0 aliphatic rings. The highest BCUT2D eigenvalue weighted by Crippen LogP contribution is 2.32. The number of rotatable bonds is 2. The van der Waals surface area contributed by atoms with E-state index in [1.807, 2.05) is 12.1 Å². The van der Waals surface area contributed by atoms with Gasteiger partial charge >= 0.3 is 0 Å². The second-order valence-electron chi connectivity index (χ2n) is 4.48. The van der Waals surface area contributed by atoms with Crippen molar-refractivity contribution in [2.75, 3.05) is 7.11 Å². The number of hydrogen-bond donors (Lipinski definition) is 1. The van der Waals surface area contributed by atoms with E-state index in [1.54, 1.807) is 25.3 Å². The van der Waals surface area contributed by atoms with Crippen molar-refractivity contribution in [2.24, 2.45) is 0 Å². The molecule has 21 heavy (non-hydrogen) atoms. The van der Waals surface area contributed by atoms with Crippen molar-refractivity contribution in [3.05, 3.63) is 57.2 Å². The predicted octanol–water partition coefficient (Wildman–Crippen LogP) is 3.94. The van der Waals surface area contributed by atoms with Crippen molar-refractivity contribution in [2.45, 2.75) is 0 Å². The Morgan fingerprint density at radius 1 is 1.14 bits per heavy atom. The molecule has 0 saturated heterocycles. The van der Waals surface area contributed by atoms with Crippen LogP contribution in [0.4, 0.5) is 0 Å². The molecule has 3 rings (SSSR count). The molecule has 0 amide bonds. The molecular weight excluding hydrogens is 336 g/mol. The van der Waals surface area contributed by atoms with Gasteiger partial charge in [-0.3, -0.25) is 4.79 Å². The first-order valence-electron chi connectivity index (χ1n) is 6.20. The second-order valence-corrected chi connectivity index (χ2v) is 5.27. The third-order valence-electron chi connectivity index (χ3n) is 3.19. The van der Waals surface area contributed by atoms with E-state index in [0.717, 1.165) is 11.3 Å². The van der Waals surface area contributed by atoms with Gasteiger partial charge in [-0.15, -0.1) is 0 Å². The Morgan fingerprint density at radius 3 is 2.52 bits per heavy atom. The van der Waals surface area contributed by atoms with E-state index >= 15 is 0 Å². The predicted molar refractivity (Wildman–Crippen MR) is 83.8 cm³/mol. The van der Waals surface area contributed by atoms with E-state index in [4.69, 9.17) is 9.15 Å². The van der Waals surface area contributed by atoms with Gasteiger partial charge in [0.05, 0.1) is 17.0 Å². The lowest BCUT2D eigenvalue weighted by molar-refractivity contribution is 0.415. The summed E-state index contributed by atoms with van der Waals surface area (Å²) in [5.41, 5.74) is 0.974. The molecule has 1 aromatic heterocycles. The normalized spacial score (nSPS) is 10.8. The first-order valence-corrected chi connectivity index (χ1v) is 6.99. The first-order chi connectivity index (χ1) is 10.1. The van der Waals surface area contributed by atoms with Gasteiger partial charge in [0.2, 0.25) is 0 Å². The van der Waals surface area contributed by atoms with Crippen molar-refractivity contribution in [1.82, 2.24) is 0 Å². The smallest absolute Gasteiger partial charge is 0.194 e. The van der Waals surface area contributed by atoms with Crippen LogP contribution in [-0.4, -0.2) is 12.2 Å². The molecule has 0 bridgehead atoms. The fourth-order valence-electron chi connectivity index (χ4n) is 2.10. The monoisotopic (exact) mass is 346 g/mol. The van der Waals surface area contributed by atoms with Crippen molar-refractivity contribution in [3.8, 4) is 22.8 Å². The molecule has 2 aromatic carbocycles. The molecule has 0 spiro atoms. The molecule has 0 radical (unpaired) electrons. The Bertz CT molecular complexity index is 866. The fourth-order valence-corrected chi connectivity index (χ4v) is 2.62. The Morgan fingerprint density at radius 2 is 1.86 bits per heavy atom. The lowest BCUT2D eigenvalue weighted by Crippen LogP contribution is -2.01. The quantitative estimate of drug-likeness (QED) is 0.763. The van der Waals surface area contributed by atoms with Crippen molar-refractivity contribution in [1.29, 1.82) is 0 Å². The summed E-state index contributed by atoms with van der Waals surface area (Å²) in [6.45, 7) is 0. The summed E-state index contributed by atoms with van der Waals surface area (Å²) < 4.78 is 11.2. The molecule has 1 heterocycles. The Labute approximate surface area is 128 Å². The van der Waals surface area contributed by atoms with Gasteiger partial charge in [-0.05, 0) is 52.3 Å². The highest BCUT2D eigenvalue weighted by Gasteiger charge is 2.12.